The van der Waals surface area contributed by atoms with Crippen molar-refractivity contribution < 1.29 is 8.83 Å². The van der Waals surface area contributed by atoms with Gasteiger partial charge < -0.3 is 18.0 Å². The van der Waals surface area contributed by atoms with Crippen LogP contribution in [0.5, 0.6) is 0 Å². The molecule has 0 bridgehead atoms. The van der Waals surface area contributed by atoms with Gasteiger partial charge in [0, 0.05) is 43.4 Å². The minimum Gasteiger partial charge on any atom is -0.455 e. The minimum atomic E-state index is 0.870. The van der Waals surface area contributed by atoms with Crippen molar-refractivity contribution in [3.63, 3.8) is 0 Å². The van der Waals surface area contributed by atoms with Crippen molar-refractivity contribution >= 4 is 87.5 Å². The molecule has 0 saturated carbocycles. The van der Waals surface area contributed by atoms with Crippen LogP contribution in [0.3, 0.4) is 0 Å². The van der Waals surface area contributed by atoms with Crippen LogP contribution < -0.4 is 0 Å². The smallest absolute Gasteiger partial charge is 0.159 e. The lowest BCUT2D eigenvalue weighted by Gasteiger charge is -2.11. The fourth-order valence-electron chi connectivity index (χ4n) is 7.78. The van der Waals surface area contributed by atoms with Gasteiger partial charge in [0.1, 0.15) is 16.7 Å². The summed E-state index contributed by atoms with van der Waals surface area (Å²) >= 11 is 0. The number of hydrogen-bond acceptors (Lipinski definition) is 2. The topological polar surface area (TPSA) is 36.1 Å². The highest BCUT2D eigenvalue weighted by atomic mass is 16.3. The van der Waals surface area contributed by atoms with Gasteiger partial charge in [0.2, 0.25) is 0 Å². The Kier molecular flexibility index (Phi) is 4.55. The average Bonchev–Trinajstić information content (AvgIpc) is 3.85. The van der Waals surface area contributed by atoms with Gasteiger partial charge in [-0.1, -0.05) is 84.9 Å². The molecule has 0 amide bonds. The van der Waals surface area contributed by atoms with E-state index in [1.165, 1.54) is 21.8 Å². The maximum atomic E-state index is 6.63. The van der Waals surface area contributed by atoms with Crippen molar-refractivity contribution in [3.05, 3.63) is 146 Å². The van der Waals surface area contributed by atoms with E-state index in [9.17, 15) is 0 Å². The van der Waals surface area contributed by atoms with Gasteiger partial charge in [0.25, 0.3) is 0 Å². The van der Waals surface area contributed by atoms with Gasteiger partial charge >= 0.3 is 0 Å². The summed E-state index contributed by atoms with van der Waals surface area (Å²) < 4.78 is 18.0. The number of hydrogen-bond donors (Lipinski definition) is 0. The first-order chi connectivity index (χ1) is 22.8. The van der Waals surface area contributed by atoms with Crippen molar-refractivity contribution in [2.45, 2.75) is 0 Å². The molecular formula is C42H24N2O2. The van der Waals surface area contributed by atoms with Gasteiger partial charge in [-0.15, -0.1) is 0 Å². The Labute approximate surface area is 261 Å². The lowest BCUT2D eigenvalue weighted by atomic mass is 10.1. The first-order valence-corrected chi connectivity index (χ1v) is 15.6. The fourth-order valence-corrected chi connectivity index (χ4v) is 7.78. The maximum absolute atomic E-state index is 6.63. The maximum Gasteiger partial charge on any atom is 0.159 e. The molecule has 0 unspecified atom stereocenters. The van der Waals surface area contributed by atoms with Crippen LogP contribution >= 0.6 is 0 Å². The predicted molar refractivity (Wildman–Crippen MR) is 190 cm³/mol. The van der Waals surface area contributed by atoms with Crippen LogP contribution in [0.2, 0.25) is 0 Å². The van der Waals surface area contributed by atoms with E-state index >= 15 is 0 Å². The van der Waals surface area contributed by atoms with Crippen molar-refractivity contribution in [3.8, 4) is 11.4 Å². The molecular weight excluding hydrogens is 564 g/mol. The van der Waals surface area contributed by atoms with Crippen molar-refractivity contribution in [2.24, 2.45) is 0 Å². The number of aromatic nitrogens is 2. The van der Waals surface area contributed by atoms with Crippen LogP contribution in [0.25, 0.3) is 98.9 Å². The first-order valence-electron chi connectivity index (χ1n) is 15.6. The third-order valence-electron chi connectivity index (χ3n) is 9.72. The van der Waals surface area contributed by atoms with Crippen molar-refractivity contribution in [2.75, 3.05) is 0 Å². The summed E-state index contributed by atoms with van der Waals surface area (Å²) in [4.78, 5) is 0. The van der Waals surface area contributed by atoms with Gasteiger partial charge in [-0.25, -0.2) is 0 Å². The molecule has 11 rings (SSSR count). The molecule has 46 heavy (non-hydrogen) atoms. The largest absolute Gasteiger partial charge is 0.455 e. The zero-order valence-corrected chi connectivity index (χ0v) is 24.6. The van der Waals surface area contributed by atoms with E-state index < -0.39 is 0 Å². The Bertz CT molecular complexity index is 2990. The summed E-state index contributed by atoms with van der Waals surface area (Å²) in [7, 11) is 0. The number of rotatable bonds is 2. The quantitative estimate of drug-likeness (QED) is 0.201. The van der Waals surface area contributed by atoms with Crippen molar-refractivity contribution in [1.29, 1.82) is 0 Å². The second-order valence-corrected chi connectivity index (χ2v) is 12.1. The van der Waals surface area contributed by atoms with Gasteiger partial charge in [-0.3, -0.25) is 0 Å². The molecule has 0 aliphatic heterocycles. The summed E-state index contributed by atoms with van der Waals surface area (Å²) in [6, 6.07) is 51.6. The molecule has 4 aromatic heterocycles. The number of benzene rings is 7. The second-order valence-electron chi connectivity index (χ2n) is 12.1. The molecule has 0 radical (unpaired) electrons. The lowest BCUT2D eigenvalue weighted by Crippen LogP contribution is -1.97. The van der Waals surface area contributed by atoms with Crippen molar-refractivity contribution in [1.82, 2.24) is 9.13 Å². The molecule has 4 heterocycles. The average molecular weight is 589 g/mol. The Balaban J connectivity index is 1.32. The molecule has 0 aliphatic rings. The van der Waals surface area contributed by atoms with E-state index in [1.54, 1.807) is 0 Å². The fraction of sp³-hybridized carbons (Fsp3) is 0. The zero-order chi connectivity index (χ0) is 29.9. The molecule has 7 aromatic carbocycles. The molecule has 0 fully saturated rings. The van der Waals surface area contributed by atoms with Gasteiger partial charge in [0.05, 0.1) is 33.1 Å². The SMILES string of the molecule is c1ccc2c(c1)oc1c(-n3c4cc(-n5c6ccccc6c6ccccc65)ccc4c4c5oc6ccccc6c5ccc43)cccc12. The Morgan fingerprint density at radius 3 is 1.63 bits per heavy atom. The zero-order valence-electron chi connectivity index (χ0n) is 24.6. The monoisotopic (exact) mass is 588 g/mol. The van der Waals surface area contributed by atoms with E-state index in [0.29, 0.717) is 0 Å². The van der Waals surface area contributed by atoms with E-state index in [2.05, 4.69) is 137 Å². The van der Waals surface area contributed by atoms with E-state index in [-0.39, 0.29) is 0 Å². The Morgan fingerprint density at radius 1 is 0.348 bits per heavy atom. The molecule has 4 heteroatoms. The van der Waals surface area contributed by atoms with E-state index in [1.807, 2.05) is 18.2 Å². The van der Waals surface area contributed by atoms with Crippen LogP contribution in [0.4, 0.5) is 0 Å². The van der Waals surface area contributed by atoms with E-state index in [4.69, 9.17) is 8.83 Å². The number of fused-ring (bicyclic) bond motifs is 13. The molecule has 0 atom stereocenters. The Hall–Kier alpha value is -6.26. The van der Waals surface area contributed by atoms with E-state index in [0.717, 1.165) is 77.1 Å². The highest BCUT2D eigenvalue weighted by Gasteiger charge is 2.22. The highest BCUT2D eigenvalue weighted by Crippen LogP contribution is 2.43. The summed E-state index contributed by atoms with van der Waals surface area (Å²) in [5.41, 5.74) is 10.2. The number of para-hydroxylation sites is 5. The standard InChI is InChI=1S/C42H24N2O2/c1-5-15-33-26(10-1)27-11-2-6-16-34(27)43(33)25-20-21-32-37(24-25)44(36-17-9-14-30-28-12-3-7-18-38(28)45-41(30)36)35-23-22-31-29-13-4-8-19-39(29)46-42(31)40(32)35/h1-24H. The normalized spacial score (nSPS) is 12.3. The van der Waals surface area contributed by atoms with Gasteiger partial charge in [-0.05, 0) is 60.7 Å². The van der Waals surface area contributed by atoms with Crippen LogP contribution in [0.15, 0.2) is 154 Å². The Morgan fingerprint density at radius 2 is 0.913 bits per heavy atom. The van der Waals surface area contributed by atoms with Crippen LogP contribution in [0.1, 0.15) is 0 Å². The van der Waals surface area contributed by atoms with Crippen LogP contribution in [-0.2, 0) is 0 Å². The number of furan rings is 2. The molecule has 0 N–H and O–H groups in total. The predicted octanol–water partition coefficient (Wildman–Crippen LogP) is 11.7. The molecule has 11 aromatic rings. The van der Waals surface area contributed by atoms with Crippen LogP contribution in [0, 0.1) is 0 Å². The highest BCUT2D eigenvalue weighted by molar-refractivity contribution is 6.24. The molecule has 0 aliphatic carbocycles. The summed E-state index contributed by atoms with van der Waals surface area (Å²) in [6.45, 7) is 0. The number of nitrogens with zero attached hydrogens (tertiary/aromatic N) is 2. The third-order valence-corrected chi connectivity index (χ3v) is 9.72. The van der Waals surface area contributed by atoms with Gasteiger partial charge in [-0.2, -0.15) is 0 Å². The summed E-state index contributed by atoms with van der Waals surface area (Å²) in [5, 5.41) is 9.20. The van der Waals surface area contributed by atoms with Crippen LogP contribution in [-0.4, -0.2) is 9.13 Å². The minimum absolute atomic E-state index is 0.870. The molecule has 214 valence electrons. The second kappa shape index (κ2) is 8.68. The molecule has 4 nitrogen and oxygen atoms in total. The van der Waals surface area contributed by atoms with Gasteiger partial charge in [0.15, 0.2) is 5.58 Å². The lowest BCUT2D eigenvalue weighted by molar-refractivity contribution is 0.666. The summed E-state index contributed by atoms with van der Waals surface area (Å²) in [6.07, 6.45) is 0. The molecule has 0 spiro atoms. The molecule has 0 saturated heterocycles. The third kappa shape index (κ3) is 3.03. The summed E-state index contributed by atoms with van der Waals surface area (Å²) in [5.74, 6) is 0. The first kappa shape index (κ1) is 24.1.